The molecule has 0 amide bonds. The molecule has 0 unspecified atom stereocenters. The molecule has 32 heavy (non-hydrogen) atoms. The van der Waals surface area contributed by atoms with E-state index in [0.29, 0.717) is 25.2 Å². The zero-order valence-corrected chi connectivity index (χ0v) is 17.2. The molecule has 1 N–H and O–H groups in total. The summed E-state index contributed by atoms with van der Waals surface area (Å²) in [6.45, 7) is 2.77. The molecule has 0 bridgehead atoms. The minimum atomic E-state index is -4.52. The van der Waals surface area contributed by atoms with Gasteiger partial charge in [-0.05, 0) is 24.6 Å². The quantitative estimate of drug-likeness (QED) is 0.655. The van der Waals surface area contributed by atoms with E-state index >= 15 is 0 Å². The predicted octanol–water partition coefficient (Wildman–Crippen LogP) is 4.52. The molecule has 2 aromatic carbocycles. The lowest BCUT2D eigenvalue weighted by Gasteiger charge is -2.37. The molecule has 0 aliphatic carbocycles. The van der Waals surface area contributed by atoms with Crippen molar-refractivity contribution in [1.29, 1.82) is 0 Å². The Morgan fingerprint density at radius 2 is 2.00 bits per heavy atom. The first-order valence-corrected chi connectivity index (χ1v) is 10.0. The van der Waals surface area contributed by atoms with Gasteiger partial charge in [-0.3, -0.25) is 9.69 Å². The van der Waals surface area contributed by atoms with Crippen molar-refractivity contribution in [3.8, 4) is 11.5 Å². The second-order valence-electron chi connectivity index (χ2n) is 8.08. The summed E-state index contributed by atoms with van der Waals surface area (Å²) in [5, 5.41) is 8.95. The number of halogens is 4. The fourth-order valence-corrected chi connectivity index (χ4v) is 3.80. The maximum absolute atomic E-state index is 14.7. The van der Waals surface area contributed by atoms with Crippen LogP contribution in [0.25, 0.3) is 6.08 Å². The molecule has 1 fully saturated rings. The monoisotopic (exact) mass is 451 g/mol. The molecule has 0 aromatic heterocycles. The summed E-state index contributed by atoms with van der Waals surface area (Å²) in [7, 11) is 0. The Morgan fingerprint density at radius 1 is 1.25 bits per heavy atom. The van der Waals surface area contributed by atoms with E-state index < -0.39 is 23.5 Å². The van der Waals surface area contributed by atoms with Crippen LogP contribution in [0, 0.1) is 18.7 Å². The number of carboxylic acid groups (broad SMARTS) is 1. The highest BCUT2D eigenvalue weighted by Crippen LogP contribution is 2.36. The van der Waals surface area contributed by atoms with Gasteiger partial charge in [-0.1, -0.05) is 17.7 Å². The molecule has 1 saturated heterocycles. The average Bonchev–Trinajstić information content (AvgIpc) is 2.68. The third-order valence-electron chi connectivity index (χ3n) is 5.52. The number of carboxylic acids is 1. The molecule has 0 atom stereocenters. The van der Waals surface area contributed by atoms with E-state index in [1.807, 2.05) is 4.90 Å². The number of aliphatic carboxylic acids is 1. The summed E-state index contributed by atoms with van der Waals surface area (Å²) in [4.78, 5) is 12.8. The first-order chi connectivity index (χ1) is 15.1. The van der Waals surface area contributed by atoms with Crippen LogP contribution in [0.15, 0.2) is 35.9 Å². The highest BCUT2D eigenvalue weighted by molar-refractivity contribution is 5.71. The zero-order valence-electron chi connectivity index (χ0n) is 17.2. The highest BCUT2D eigenvalue weighted by Gasteiger charge is 2.34. The number of benzene rings is 2. The third kappa shape index (κ3) is 4.72. The van der Waals surface area contributed by atoms with Crippen LogP contribution in [0.5, 0.6) is 11.5 Å². The van der Waals surface area contributed by atoms with Gasteiger partial charge in [0, 0.05) is 37.3 Å². The number of likely N-dealkylation sites (tertiary alicyclic amines) is 1. The van der Waals surface area contributed by atoms with E-state index in [2.05, 4.69) is 0 Å². The van der Waals surface area contributed by atoms with Gasteiger partial charge < -0.3 is 14.6 Å². The van der Waals surface area contributed by atoms with Crippen LogP contribution in [-0.4, -0.2) is 42.2 Å². The maximum Gasteiger partial charge on any atom is 0.416 e. The third-order valence-corrected chi connectivity index (χ3v) is 5.52. The molecule has 0 saturated carbocycles. The SMILES string of the molecule is Cc1ccc(COc2cc(F)c3c(c2)OCC(CN2CC(C(=O)O)C2)=C3)c(C(F)(F)F)c1. The van der Waals surface area contributed by atoms with Gasteiger partial charge in [-0.25, -0.2) is 4.39 Å². The first-order valence-electron chi connectivity index (χ1n) is 10.0. The normalized spacial score (nSPS) is 16.6. The van der Waals surface area contributed by atoms with Gasteiger partial charge in [0.05, 0.1) is 17.0 Å². The van der Waals surface area contributed by atoms with E-state index in [1.54, 1.807) is 19.1 Å². The van der Waals surface area contributed by atoms with Crippen molar-refractivity contribution in [2.24, 2.45) is 5.92 Å². The Morgan fingerprint density at radius 3 is 2.69 bits per heavy atom. The summed E-state index contributed by atoms with van der Waals surface area (Å²) in [5.41, 5.74) is 0.701. The molecule has 2 aromatic rings. The Balaban J connectivity index is 1.45. The molecule has 170 valence electrons. The molecular formula is C23H21F4NO4. The molecule has 2 heterocycles. The van der Waals surface area contributed by atoms with Gasteiger partial charge in [0.15, 0.2) is 0 Å². The summed E-state index contributed by atoms with van der Waals surface area (Å²) in [5.74, 6) is -1.50. The Bertz CT molecular complexity index is 1070. The fourth-order valence-electron chi connectivity index (χ4n) is 3.80. The average molecular weight is 451 g/mol. The zero-order chi connectivity index (χ0) is 23.0. The molecule has 2 aliphatic rings. The van der Waals surface area contributed by atoms with Crippen molar-refractivity contribution >= 4 is 12.0 Å². The minimum absolute atomic E-state index is 0.0430. The number of nitrogens with zero attached hydrogens (tertiary/aromatic N) is 1. The molecule has 5 nitrogen and oxygen atoms in total. The number of fused-ring (bicyclic) bond motifs is 1. The highest BCUT2D eigenvalue weighted by atomic mass is 19.4. The molecule has 0 radical (unpaired) electrons. The number of hydrogen-bond donors (Lipinski definition) is 1. The van der Waals surface area contributed by atoms with Crippen molar-refractivity contribution in [3.63, 3.8) is 0 Å². The lowest BCUT2D eigenvalue weighted by atomic mass is 9.98. The standard InChI is InChI=1S/C23H21F4NO4/c1-13-2-3-15(19(4-13)23(25,26)27)12-31-17-6-20(24)18-5-14(11-32-21(18)7-17)8-28-9-16(10-28)22(29)30/h2-7,16H,8-12H2,1H3,(H,29,30). The molecule has 9 heteroatoms. The van der Waals surface area contributed by atoms with Crippen molar-refractivity contribution in [3.05, 3.63) is 64.0 Å². The van der Waals surface area contributed by atoms with Crippen LogP contribution in [0.3, 0.4) is 0 Å². The number of carbonyl (C=O) groups is 1. The molecular weight excluding hydrogens is 430 g/mol. The number of aryl methyl sites for hydroxylation is 1. The van der Waals surface area contributed by atoms with E-state index in [-0.39, 0.29) is 41.8 Å². The summed E-state index contributed by atoms with van der Waals surface area (Å²) in [6.07, 6.45) is -2.86. The van der Waals surface area contributed by atoms with Gasteiger partial charge in [-0.15, -0.1) is 0 Å². The Labute approximate surface area is 181 Å². The lowest BCUT2D eigenvalue weighted by molar-refractivity contribution is -0.147. The van der Waals surface area contributed by atoms with Crippen LogP contribution in [0.2, 0.25) is 0 Å². The minimum Gasteiger partial charge on any atom is -0.489 e. The van der Waals surface area contributed by atoms with E-state index in [1.165, 1.54) is 12.1 Å². The van der Waals surface area contributed by atoms with Gasteiger partial charge in [-0.2, -0.15) is 13.2 Å². The molecule has 2 aliphatic heterocycles. The van der Waals surface area contributed by atoms with Crippen LogP contribution < -0.4 is 9.47 Å². The summed E-state index contributed by atoms with van der Waals surface area (Å²) >= 11 is 0. The van der Waals surface area contributed by atoms with Gasteiger partial charge in [0.25, 0.3) is 0 Å². The van der Waals surface area contributed by atoms with Crippen molar-refractivity contribution < 1.29 is 36.9 Å². The predicted molar refractivity (Wildman–Crippen MR) is 108 cm³/mol. The van der Waals surface area contributed by atoms with Gasteiger partial charge >= 0.3 is 12.1 Å². The summed E-state index contributed by atoms with van der Waals surface area (Å²) in [6, 6.07) is 6.54. The number of alkyl halides is 3. The van der Waals surface area contributed by atoms with E-state index in [9.17, 15) is 22.4 Å². The van der Waals surface area contributed by atoms with Crippen molar-refractivity contribution in [2.45, 2.75) is 19.7 Å². The number of hydrogen-bond acceptors (Lipinski definition) is 4. The summed E-state index contributed by atoms with van der Waals surface area (Å²) < 4.78 is 65.6. The largest absolute Gasteiger partial charge is 0.489 e. The van der Waals surface area contributed by atoms with Crippen LogP contribution in [0.4, 0.5) is 17.6 Å². The number of ether oxygens (including phenoxy) is 2. The number of rotatable bonds is 6. The van der Waals surface area contributed by atoms with Crippen molar-refractivity contribution in [1.82, 2.24) is 4.90 Å². The second kappa shape index (κ2) is 8.46. The fraction of sp³-hybridized carbons (Fsp3) is 0.348. The van der Waals surface area contributed by atoms with E-state index in [4.69, 9.17) is 14.6 Å². The Hall–Kier alpha value is -3.07. The topological polar surface area (TPSA) is 59.0 Å². The van der Waals surface area contributed by atoms with Crippen molar-refractivity contribution in [2.75, 3.05) is 26.2 Å². The Kier molecular flexibility index (Phi) is 5.85. The van der Waals surface area contributed by atoms with E-state index in [0.717, 1.165) is 17.7 Å². The van der Waals surface area contributed by atoms with Gasteiger partial charge in [0.2, 0.25) is 0 Å². The first kappa shape index (κ1) is 22.1. The maximum atomic E-state index is 14.7. The molecule has 4 rings (SSSR count). The second-order valence-corrected chi connectivity index (χ2v) is 8.08. The van der Waals surface area contributed by atoms with Gasteiger partial charge in [0.1, 0.15) is 30.5 Å². The van der Waals surface area contributed by atoms with Crippen LogP contribution >= 0.6 is 0 Å². The van der Waals surface area contributed by atoms with Crippen LogP contribution in [-0.2, 0) is 17.6 Å². The smallest absolute Gasteiger partial charge is 0.416 e. The molecule has 0 spiro atoms. The lowest BCUT2D eigenvalue weighted by Crippen LogP contribution is -2.51. The van der Waals surface area contributed by atoms with Crippen LogP contribution in [0.1, 0.15) is 22.3 Å².